The predicted octanol–water partition coefficient (Wildman–Crippen LogP) is 2.38. The number of sulfonamides is 1. The summed E-state index contributed by atoms with van der Waals surface area (Å²) in [5.41, 5.74) is -0.664. The minimum absolute atomic E-state index is 0.298. The lowest BCUT2D eigenvalue weighted by molar-refractivity contribution is -0.0512. The SMILES string of the molecule is COc1cc(NS(=O)(=O)c2cnnn2-c2ccccc2)c(C(=O)O)cc1OC(F)F. The van der Waals surface area contributed by atoms with E-state index in [0.29, 0.717) is 5.69 Å². The first-order valence-electron chi connectivity index (χ1n) is 8.12. The Bertz CT molecular complexity index is 1170. The number of para-hydroxylation sites is 1. The average Bonchev–Trinajstić information content (AvgIpc) is 3.19. The fourth-order valence-corrected chi connectivity index (χ4v) is 3.64. The van der Waals surface area contributed by atoms with Crippen LogP contribution in [-0.2, 0) is 10.0 Å². The zero-order chi connectivity index (χ0) is 21.9. The van der Waals surface area contributed by atoms with Gasteiger partial charge in [0.2, 0.25) is 0 Å². The highest BCUT2D eigenvalue weighted by atomic mass is 32.2. The third kappa shape index (κ3) is 4.30. The number of carboxylic acid groups (broad SMARTS) is 1. The highest BCUT2D eigenvalue weighted by Crippen LogP contribution is 2.35. The van der Waals surface area contributed by atoms with Gasteiger partial charge >= 0.3 is 12.6 Å². The molecule has 0 unspecified atom stereocenters. The molecule has 13 heteroatoms. The van der Waals surface area contributed by atoms with E-state index >= 15 is 0 Å². The topological polar surface area (TPSA) is 133 Å². The normalized spacial score (nSPS) is 11.3. The van der Waals surface area contributed by atoms with Gasteiger partial charge in [0.1, 0.15) is 0 Å². The van der Waals surface area contributed by atoms with Gasteiger partial charge in [-0.2, -0.15) is 21.9 Å². The molecule has 158 valence electrons. The molecule has 10 nitrogen and oxygen atoms in total. The molecule has 0 spiro atoms. The van der Waals surface area contributed by atoms with Crippen LogP contribution >= 0.6 is 0 Å². The number of halogens is 2. The predicted molar refractivity (Wildman–Crippen MR) is 98.8 cm³/mol. The van der Waals surface area contributed by atoms with Crippen LogP contribution in [0.5, 0.6) is 11.5 Å². The molecule has 0 amide bonds. The molecule has 1 aromatic heterocycles. The van der Waals surface area contributed by atoms with Gasteiger partial charge in [-0.3, -0.25) is 4.72 Å². The minimum Gasteiger partial charge on any atom is -0.493 e. The number of aromatic carboxylic acids is 1. The van der Waals surface area contributed by atoms with Crippen LogP contribution in [0.25, 0.3) is 5.69 Å². The molecular formula is C17H14F2N4O6S. The number of nitrogens with one attached hydrogen (secondary N) is 1. The van der Waals surface area contributed by atoms with Crippen molar-refractivity contribution in [2.24, 2.45) is 0 Å². The largest absolute Gasteiger partial charge is 0.493 e. The number of nitrogens with zero attached hydrogens (tertiary/aromatic N) is 3. The summed E-state index contributed by atoms with van der Waals surface area (Å²) in [4.78, 5) is 11.6. The van der Waals surface area contributed by atoms with Gasteiger partial charge in [0.25, 0.3) is 10.0 Å². The quantitative estimate of drug-likeness (QED) is 0.546. The highest BCUT2D eigenvalue weighted by Gasteiger charge is 2.26. The van der Waals surface area contributed by atoms with Gasteiger partial charge in [0.15, 0.2) is 16.5 Å². The zero-order valence-electron chi connectivity index (χ0n) is 15.2. The van der Waals surface area contributed by atoms with Crippen molar-refractivity contribution in [1.82, 2.24) is 15.0 Å². The second-order valence-electron chi connectivity index (χ2n) is 5.66. The Morgan fingerprint density at radius 3 is 2.50 bits per heavy atom. The maximum Gasteiger partial charge on any atom is 0.387 e. The first-order valence-corrected chi connectivity index (χ1v) is 9.60. The monoisotopic (exact) mass is 440 g/mol. The first-order chi connectivity index (χ1) is 14.2. The lowest BCUT2D eigenvalue weighted by Crippen LogP contribution is -2.19. The number of alkyl halides is 2. The lowest BCUT2D eigenvalue weighted by atomic mass is 10.1. The van der Waals surface area contributed by atoms with Gasteiger partial charge in [-0.15, -0.1) is 5.10 Å². The molecule has 2 aromatic carbocycles. The van der Waals surface area contributed by atoms with E-state index in [1.807, 2.05) is 0 Å². The van der Waals surface area contributed by atoms with E-state index in [2.05, 4.69) is 19.8 Å². The summed E-state index contributed by atoms with van der Waals surface area (Å²) >= 11 is 0. The summed E-state index contributed by atoms with van der Waals surface area (Å²) in [6.45, 7) is -3.24. The zero-order valence-corrected chi connectivity index (χ0v) is 16.0. The molecule has 1 heterocycles. The van der Waals surface area contributed by atoms with E-state index in [9.17, 15) is 27.1 Å². The van der Waals surface area contributed by atoms with Gasteiger partial charge in [0.05, 0.1) is 30.2 Å². The molecule has 0 atom stereocenters. The third-order valence-corrected chi connectivity index (χ3v) is 5.11. The summed E-state index contributed by atoms with van der Waals surface area (Å²) in [6.07, 6.45) is 0.973. The molecule has 0 saturated carbocycles. The number of carboxylic acids is 1. The van der Waals surface area contributed by atoms with Gasteiger partial charge in [-0.25, -0.2) is 4.79 Å². The summed E-state index contributed by atoms with van der Waals surface area (Å²) in [5.74, 6) is -2.44. The second-order valence-corrected chi connectivity index (χ2v) is 7.29. The number of carbonyl (C=O) groups is 1. The maximum atomic E-state index is 12.9. The van der Waals surface area contributed by atoms with Crippen LogP contribution in [0.15, 0.2) is 53.7 Å². The van der Waals surface area contributed by atoms with Crippen molar-refractivity contribution in [2.75, 3.05) is 11.8 Å². The van der Waals surface area contributed by atoms with Crippen LogP contribution in [0.3, 0.4) is 0 Å². The Labute approximate surface area is 168 Å². The Morgan fingerprint density at radius 2 is 1.90 bits per heavy atom. The Morgan fingerprint density at radius 1 is 1.20 bits per heavy atom. The average molecular weight is 440 g/mol. The van der Waals surface area contributed by atoms with Crippen LogP contribution in [-0.4, -0.2) is 48.2 Å². The molecule has 2 N–H and O–H groups in total. The lowest BCUT2D eigenvalue weighted by Gasteiger charge is -2.15. The standard InChI is InChI=1S/C17H14F2N4O6S/c1-28-13-8-12(11(16(24)25)7-14(13)29-17(18)19)21-30(26,27)15-9-20-22-23(15)10-5-3-2-4-6-10/h2-9,17,21H,1H3,(H,24,25). The number of hydrogen-bond acceptors (Lipinski definition) is 7. The molecule has 3 aromatic rings. The van der Waals surface area contributed by atoms with Crippen LogP contribution in [0.2, 0.25) is 0 Å². The first kappa shape index (κ1) is 21.0. The van der Waals surface area contributed by atoms with Crippen molar-refractivity contribution >= 4 is 21.7 Å². The van der Waals surface area contributed by atoms with E-state index in [1.54, 1.807) is 30.3 Å². The number of hydrogen-bond donors (Lipinski definition) is 2. The number of anilines is 1. The van der Waals surface area contributed by atoms with Gasteiger partial charge < -0.3 is 14.6 Å². The summed E-state index contributed by atoms with van der Waals surface area (Å²) < 4.78 is 63.2. The van der Waals surface area contributed by atoms with E-state index in [4.69, 9.17) is 4.74 Å². The van der Waals surface area contributed by atoms with Crippen LogP contribution < -0.4 is 14.2 Å². The van der Waals surface area contributed by atoms with Gasteiger partial charge in [-0.05, 0) is 12.1 Å². The molecule has 0 radical (unpaired) electrons. The summed E-state index contributed by atoms with van der Waals surface area (Å²) in [6, 6.07) is 9.90. The van der Waals surface area contributed by atoms with Crippen LogP contribution in [0.1, 0.15) is 10.4 Å². The summed E-state index contributed by atoms with van der Waals surface area (Å²) in [7, 11) is -3.26. The Balaban J connectivity index is 2.06. The molecule has 0 bridgehead atoms. The van der Waals surface area contributed by atoms with Crippen molar-refractivity contribution in [2.45, 2.75) is 11.6 Å². The molecule has 0 fully saturated rings. The Kier molecular flexibility index (Phi) is 5.82. The number of methoxy groups -OCH3 is 1. The van der Waals surface area contributed by atoms with E-state index in [-0.39, 0.29) is 10.8 Å². The van der Waals surface area contributed by atoms with Crippen LogP contribution in [0.4, 0.5) is 14.5 Å². The fourth-order valence-electron chi connectivity index (χ4n) is 2.52. The van der Waals surface area contributed by atoms with Crippen molar-refractivity contribution in [3.05, 3.63) is 54.2 Å². The van der Waals surface area contributed by atoms with Crippen LogP contribution in [0, 0.1) is 0 Å². The molecule has 0 aliphatic rings. The number of ether oxygens (including phenoxy) is 2. The molecule has 3 rings (SSSR count). The molecule has 0 aliphatic carbocycles. The van der Waals surface area contributed by atoms with Gasteiger partial charge in [-0.1, -0.05) is 23.4 Å². The second kappa shape index (κ2) is 8.32. The maximum absolute atomic E-state index is 12.9. The molecular weight excluding hydrogens is 426 g/mol. The summed E-state index contributed by atoms with van der Waals surface area (Å²) in [5, 5.41) is 16.4. The molecule has 0 saturated heterocycles. The van der Waals surface area contributed by atoms with E-state index < -0.39 is 39.6 Å². The Hall–Kier alpha value is -3.74. The van der Waals surface area contributed by atoms with Crippen molar-refractivity contribution in [1.29, 1.82) is 0 Å². The number of aromatic nitrogens is 3. The number of benzene rings is 2. The third-order valence-electron chi connectivity index (χ3n) is 3.79. The number of rotatable bonds is 8. The van der Waals surface area contributed by atoms with Crippen molar-refractivity contribution in [3.63, 3.8) is 0 Å². The molecule has 30 heavy (non-hydrogen) atoms. The van der Waals surface area contributed by atoms with E-state index in [0.717, 1.165) is 30.1 Å². The fraction of sp³-hybridized carbons (Fsp3) is 0.118. The van der Waals surface area contributed by atoms with Crippen molar-refractivity contribution in [3.8, 4) is 17.2 Å². The van der Waals surface area contributed by atoms with E-state index in [1.165, 1.54) is 0 Å². The van der Waals surface area contributed by atoms with Crippen molar-refractivity contribution < 1.29 is 36.6 Å². The molecule has 0 aliphatic heterocycles. The smallest absolute Gasteiger partial charge is 0.387 e. The minimum atomic E-state index is -4.39. The highest BCUT2D eigenvalue weighted by molar-refractivity contribution is 7.92. The van der Waals surface area contributed by atoms with Gasteiger partial charge in [0, 0.05) is 12.1 Å².